The van der Waals surface area contributed by atoms with E-state index in [-0.39, 0.29) is 17.9 Å². The Bertz CT molecular complexity index is 1120. The van der Waals surface area contributed by atoms with E-state index in [1.165, 1.54) is 0 Å². The Hall–Kier alpha value is -3.28. The number of carbonyl (C=O) groups is 2. The summed E-state index contributed by atoms with van der Waals surface area (Å²) in [5.74, 6) is 0.967. The number of fused-ring (bicyclic) bond motifs is 2. The van der Waals surface area contributed by atoms with Crippen LogP contribution in [0.1, 0.15) is 53.8 Å². The lowest BCUT2D eigenvalue weighted by Crippen LogP contribution is -2.45. The number of H-pyrrole nitrogens is 1. The summed E-state index contributed by atoms with van der Waals surface area (Å²) in [7, 11) is 1.82. The van der Waals surface area contributed by atoms with E-state index in [4.69, 9.17) is 4.74 Å². The normalized spacial score (nSPS) is 17.9. The summed E-state index contributed by atoms with van der Waals surface area (Å²) in [6.45, 7) is 5.94. The predicted octanol–water partition coefficient (Wildman–Crippen LogP) is 4.97. The Morgan fingerprint density at radius 3 is 2.73 bits per heavy atom. The molecular formula is C27H33N3O3. The van der Waals surface area contributed by atoms with Crippen LogP contribution in [0.4, 0.5) is 0 Å². The molecule has 33 heavy (non-hydrogen) atoms. The lowest BCUT2D eigenvalue weighted by molar-refractivity contribution is 0.0559. The molecule has 0 bridgehead atoms. The Balaban J connectivity index is 1.66. The number of nitrogens with zero attached hydrogens (tertiary/aromatic N) is 2. The van der Waals surface area contributed by atoms with Gasteiger partial charge in [0.25, 0.3) is 11.8 Å². The van der Waals surface area contributed by atoms with Crippen molar-refractivity contribution in [2.45, 2.75) is 39.2 Å². The number of amides is 2. The smallest absolute Gasteiger partial charge is 0.257 e. The van der Waals surface area contributed by atoms with Crippen molar-refractivity contribution in [3.8, 4) is 5.75 Å². The van der Waals surface area contributed by atoms with E-state index < -0.39 is 0 Å². The minimum Gasteiger partial charge on any atom is -0.491 e. The molecule has 6 nitrogen and oxygen atoms in total. The molecule has 2 aromatic carbocycles. The predicted molar refractivity (Wildman–Crippen MR) is 131 cm³/mol. The topological polar surface area (TPSA) is 65.6 Å². The van der Waals surface area contributed by atoms with Crippen molar-refractivity contribution >= 4 is 22.7 Å². The maximum Gasteiger partial charge on any atom is 0.257 e. The zero-order valence-electron chi connectivity index (χ0n) is 19.7. The van der Waals surface area contributed by atoms with Gasteiger partial charge in [-0.25, -0.2) is 0 Å². The first kappa shape index (κ1) is 22.9. The third kappa shape index (κ3) is 5.21. The standard InChI is InChI=1S/C27H33N3O3/c1-19(2)16-22-18-33-25-9-5-4-8-23(25)27(32)29(3)14-6-7-15-30(22)26(31)21-11-10-20-12-13-28-24(20)17-21/h4-5,8-13,17,19,22,28H,6-7,14-16,18H2,1-3H3/t22-/m0/s1. The fourth-order valence-electron chi connectivity index (χ4n) is 4.52. The van der Waals surface area contributed by atoms with Gasteiger partial charge in [-0.2, -0.15) is 0 Å². The van der Waals surface area contributed by atoms with Gasteiger partial charge < -0.3 is 19.5 Å². The van der Waals surface area contributed by atoms with Crippen molar-refractivity contribution in [2.24, 2.45) is 5.92 Å². The summed E-state index contributed by atoms with van der Waals surface area (Å²) in [6, 6.07) is 15.1. The third-order valence-corrected chi connectivity index (χ3v) is 6.29. The van der Waals surface area contributed by atoms with Gasteiger partial charge in [-0.15, -0.1) is 0 Å². The van der Waals surface area contributed by atoms with Gasteiger partial charge in [0.15, 0.2) is 0 Å². The van der Waals surface area contributed by atoms with Crippen molar-refractivity contribution in [2.75, 3.05) is 26.7 Å². The molecular weight excluding hydrogens is 414 g/mol. The molecule has 2 heterocycles. The van der Waals surface area contributed by atoms with Gasteiger partial charge in [0.2, 0.25) is 0 Å². The van der Waals surface area contributed by atoms with Gasteiger partial charge in [-0.05, 0) is 60.9 Å². The lowest BCUT2D eigenvalue weighted by atomic mass is 10.0. The van der Waals surface area contributed by atoms with Gasteiger partial charge in [0.05, 0.1) is 11.6 Å². The van der Waals surface area contributed by atoms with E-state index in [1.54, 1.807) is 4.90 Å². The summed E-state index contributed by atoms with van der Waals surface area (Å²) < 4.78 is 6.22. The van der Waals surface area contributed by atoms with E-state index in [1.807, 2.05) is 66.7 Å². The minimum absolute atomic E-state index is 0.0236. The van der Waals surface area contributed by atoms with Gasteiger partial charge >= 0.3 is 0 Å². The zero-order chi connectivity index (χ0) is 23.4. The van der Waals surface area contributed by atoms with Crippen LogP contribution in [0.3, 0.4) is 0 Å². The molecule has 174 valence electrons. The number of benzene rings is 2. The minimum atomic E-state index is -0.0860. The summed E-state index contributed by atoms with van der Waals surface area (Å²) in [6.07, 6.45) is 4.37. The molecule has 1 aliphatic rings. The van der Waals surface area contributed by atoms with Crippen molar-refractivity contribution in [3.63, 3.8) is 0 Å². The molecule has 0 fully saturated rings. The van der Waals surface area contributed by atoms with E-state index >= 15 is 0 Å². The number of rotatable bonds is 3. The van der Waals surface area contributed by atoms with Crippen LogP contribution in [0.5, 0.6) is 5.75 Å². The number of hydrogen-bond donors (Lipinski definition) is 1. The maximum absolute atomic E-state index is 13.7. The van der Waals surface area contributed by atoms with Crippen LogP contribution >= 0.6 is 0 Å². The van der Waals surface area contributed by atoms with Crippen molar-refractivity contribution < 1.29 is 14.3 Å². The van der Waals surface area contributed by atoms with E-state index in [0.29, 0.717) is 42.5 Å². The fourth-order valence-corrected chi connectivity index (χ4v) is 4.52. The Labute approximate surface area is 195 Å². The van der Waals surface area contributed by atoms with Crippen LogP contribution in [-0.4, -0.2) is 59.4 Å². The van der Waals surface area contributed by atoms with E-state index in [2.05, 4.69) is 18.8 Å². The molecule has 1 atom stereocenters. The van der Waals surface area contributed by atoms with Gasteiger partial charge in [-0.1, -0.05) is 32.0 Å². The second-order valence-electron chi connectivity index (χ2n) is 9.30. The Morgan fingerprint density at radius 2 is 1.91 bits per heavy atom. The van der Waals surface area contributed by atoms with Crippen molar-refractivity contribution in [1.29, 1.82) is 0 Å². The highest BCUT2D eigenvalue weighted by Crippen LogP contribution is 2.24. The summed E-state index contributed by atoms with van der Waals surface area (Å²) in [5, 5.41) is 1.09. The average molecular weight is 448 g/mol. The van der Waals surface area contributed by atoms with Crippen LogP contribution in [0.25, 0.3) is 10.9 Å². The lowest BCUT2D eigenvalue weighted by Gasteiger charge is -2.34. The van der Waals surface area contributed by atoms with Gasteiger partial charge in [0.1, 0.15) is 12.4 Å². The number of ether oxygens (including phenoxy) is 1. The molecule has 0 radical (unpaired) electrons. The molecule has 1 aromatic heterocycles. The van der Waals surface area contributed by atoms with Crippen LogP contribution in [0.15, 0.2) is 54.7 Å². The van der Waals surface area contributed by atoms with Crippen LogP contribution in [0, 0.1) is 5.92 Å². The summed E-state index contributed by atoms with van der Waals surface area (Å²) in [5.41, 5.74) is 2.21. The van der Waals surface area contributed by atoms with Crippen LogP contribution in [0.2, 0.25) is 0 Å². The highest BCUT2D eigenvalue weighted by Gasteiger charge is 2.28. The molecule has 0 aliphatic carbocycles. The quantitative estimate of drug-likeness (QED) is 0.617. The number of nitrogens with one attached hydrogen (secondary N) is 1. The first-order valence-corrected chi connectivity index (χ1v) is 11.8. The Kier molecular flexibility index (Phi) is 7.02. The fraction of sp³-hybridized carbons (Fsp3) is 0.407. The average Bonchev–Trinajstić information content (AvgIpc) is 3.28. The number of hydrogen-bond acceptors (Lipinski definition) is 3. The summed E-state index contributed by atoms with van der Waals surface area (Å²) in [4.78, 5) is 33.6. The summed E-state index contributed by atoms with van der Waals surface area (Å²) >= 11 is 0. The van der Waals surface area contributed by atoms with Crippen LogP contribution < -0.4 is 4.74 Å². The molecule has 6 heteroatoms. The van der Waals surface area contributed by atoms with E-state index in [9.17, 15) is 9.59 Å². The van der Waals surface area contributed by atoms with Gasteiger partial charge in [-0.3, -0.25) is 9.59 Å². The van der Waals surface area contributed by atoms with Crippen LogP contribution in [-0.2, 0) is 0 Å². The zero-order valence-corrected chi connectivity index (χ0v) is 19.7. The monoisotopic (exact) mass is 447 g/mol. The first-order chi connectivity index (χ1) is 15.9. The molecule has 2 amide bonds. The number of aromatic nitrogens is 1. The molecule has 0 spiro atoms. The maximum atomic E-state index is 13.7. The first-order valence-electron chi connectivity index (χ1n) is 11.8. The third-order valence-electron chi connectivity index (χ3n) is 6.29. The molecule has 1 N–H and O–H groups in total. The second-order valence-corrected chi connectivity index (χ2v) is 9.30. The highest BCUT2D eigenvalue weighted by atomic mass is 16.5. The molecule has 0 saturated carbocycles. The van der Waals surface area contributed by atoms with E-state index in [0.717, 1.165) is 30.2 Å². The molecule has 3 aromatic rings. The van der Waals surface area contributed by atoms with Crippen molar-refractivity contribution in [3.05, 3.63) is 65.9 Å². The molecule has 1 aliphatic heterocycles. The Morgan fingerprint density at radius 1 is 1.12 bits per heavy atom. The SMILES string of the molecule is CC(C)C[C@H]1COc2ccccc2C(=O)N(C)CCCCN1C(=O)c1ccc2cc[nH]c2c1. The highest BCUT2D eigenvalue weighted by molar-refractivity contribution is 5.98. The molecule has 0 unspecified atom stereocenters. The second kappa shape index (κ2) is 10.1. The van der Waals surface area contributed by atoms with Gasteiger partial charge in [0, 0.05) is 37.4 Å². The molecule has 0 saturated heterocycles. The number of carbonyl (C=O) groups excluding carboxylic acids is 2. The van der Waals surface area contributed by atoms with Crippen molar-refractivity contribution in [1.82, 2.24) is 14.8 Å². The molecule has 4 rings (SSSR count). The number of aromatic amines is 1. The number of para-hydroxylation sites is 1. The largest absolute Gasteiger partial charge is 0.491 e.